The molecular weight excluding hydrogens is 266 g/mol. The second-order valence-corrected chi connectivity index (χ2v) is 5.74. The number of hydrogen-bond donors (Lipinski definition) is 2. The summed E-state index contributed by atoms with van der Waals surface area (Å²) in [5.74, 6) is 0.728. The lowest BCUT2D eigenvalue weighted by Gasteiger charge is -2.30. The molecule has 1 amide bonds. The predicted molar refractivity (Wildman–Crippen MR) is 81.4 cm³/mol. The zero-order chi connectivity index (χ0) is 14.7. The van der Waals surface area contributed by atoms with E-state index in [0.29, 0.717) is 24.3 Å². The maximum atomic E-state index is 11.7. The summed E-state index contributed by atoms with van der Waals surface area (Å²) in [4.78, 5) is 14.1. The van der Waals surface area contributed by atoms with Crippen LogP contribution in [0.1, 0.15) is 43.1 Å². The summed E-state index contributed by atoms with van der Waals surface area (Å²) in [5, 5.41) is 14.7. The van der Waals surface area contributed by atoms with Gasteiger partial charge in [-0.1, -0.05) is 0 Å². The summed E-state index contributed by atoms with van der Waals surface area (Å²) >= 11 is 0. The quantitative estimate of drug-likeness (QED) is 0.863. The summed E-state index contributed by atoms with van der Waals surface area (Å²) in [5.41, 5.74) is 0.385. The third kappa shape index (κ3) is 3.00. The fourth-order valence-corrected chi connectivity index (χ4v) is 3.39. The average molecular weight is 289 g/mol. The Bertz CT molecular complexity index is 483. The molecule has 2 aliphatic rings. The molecule has 0 saturated carbocycles. The maximum Gasteiger partial charge on any atom is 0.271 e. The molecule has 2 saturated heterocycles. The summed E-state index contributed by atoms with van der Waals surface area (Å²) in [6, 6.07) is 4.77. The highest BCUT2D eigenvalue weighted by atomic mass is 16.1. The molecule has 1 aromatic rings. The highest BCUT2D eigenvalue weighted by Gasteiger charge is 2.34. The Morgan fingerprint density at radius 2 is 2.29 bits per heavy atom. The molecule has 2 N–H and O–H groups in total. The smallest absolute Gasteiger partial charge is 0.271 e. The van der Waals surface area contributed by atoms with Gasteiger partial charge in [-0.05, 0) is 51.3 Å². The highest BCUT2D eigenvalue weighted by molar-refractivity contribution is 5.92. The van der Waals surface area contributed by atoms with Gasteiger partial charge in [-0.25, -0.2) is 0 Å². The van der Waals surface area contributed by atoms with E-state index in [0.717, 1.165) is 18.9 Å². The van der Waals surface area contributed by atoms with Crippen LogP contribution in [0.2, 0.25) is 0 Å². The van der Waals surface area contributed by atoms with E-state index >= 15 is 0 Å². The van der Waals surface area contributed by atoms with Crippen molar-refractivity contribution >= 4 is 11.7 Å². The van der Waals surface area contributed by atoms with Gasteiger partial charge in [0.15, 0.2) is 11.5 Å². The van der Waals surface area contributed by atoms with Crippen LogP contribution in [-0.4, -0.2) is 47.8 Å². The fraction of sp³-hybridized carbons (Fsp3) is 0.667. The summed E-state index contributed by atoms with van der Waals surface area (Å²) in [6.45, 7) is 4.64. The Morgan fingerprint density at radius 3 is 2.95 bits per heavy atom. The minimum atomic E-state index is -0.160. The van der Waals surface area contributed by atoms with Crippen molar-refractivity contribution in [2.75, 3.05) is 24.5 Å². The first-order valence-corrected chi connectivity index (χ1v) is 7.91. The van der Waals surface area contributed by atoms with Crippen molar-refractivity contribution in [3.8, 4) is 0 Å². The Morgan fingerprint density at radius 1 is 1.38 bits per heavy atom. The molecule has 2 aliphatic heterocycles. The van der Waals surface area contributed by atoms with Crippen molar-refractivity contribution in [3.05, 3.63) is 17.8 Å². The van der Waals surface area contributed by atoms with Gasteiger partial charge in [-0.3, -0.25) is 4.79 Å². The van der Waals surface area contributed by atoms with Gasteiger partial charge in [0.1, 0.15) is 0 Å². The van der Waals surface area contributed by atoms with E-state index in [4.69, 9.17) is 0 Å². The zero-order valence-electron chi connectivity index (χ0n) is 12.5. The molecular formula is C15H23N5O. The molecule has 6 nitrogen and oxygen atoms in total. The van der Waals surface area contributed by atoms with E-state index in [-0.39, 0.29) is 5.91 Å². The number of hydrogen-bond acceptors (Lipinski definition) is 5. The Kier molecular flexibility index (Phi) is 4.34. The number of carbonyl (C=O) groups excluding carboxylic acids is 1. The number of amides is 1. The SMILES string of the molecule is CCNC(=O)c1ccc(N2CCCC2C2CCCN2)nn1. The third-order valence-electron chi connectivity index (χ3n) is 4.38. The molecule has 2 atom stereocenters. The van der Waals surface area contributed by atoms with Crippen LogP contribution in [0.25, 0.3) is 0 Å². The van der Waals surface area contributed by atoms with Gasteiger partial charge in [0.2, 0.25) is 0 Å². The van der Waals surface area contributed by atoms with Gasteiger partial charge in [-0.2, -0.15) is 0 Å². The largest absolute Gasteiger partial charge is 0.351 e. The maximum absolute atomic E-state index is 11.7. The first kappa shape index (κ1) is 14.3. The average Bonchev–Trinajstić information content (AvgIpc) is 3.18. The van der Waals surface area contributed by atoms with E-state index in [9.17, 15) is 4.79 Å². The van der Waals surface area contributed by atoms with Crippen molar-refractivity contribution in [3.63, 3.8) is 0 Å². The molecule has 3 heterocycles. The Hall–Kier alpha value is -1.69. The lowest BCUT2D eigenvalue weighted by atomic mass is 10.0. The van der Waals surface area contributed by atoms with Crippen LogP contribution in [0, 0.1) is 0 Å². The molecule has 0 radical (unpaired) electrons. The lowest BCUT2D eigenvalue weighted by Crippen LogP contribution is -2.44. The minimum Gasteiger partial charge on any atom is -0.351 e. The van der Waals surface area contributed by atoms with Crippen molar-refractivity contribution in [2.24, 2.45) is 0 Å². The number of rotatable bonds is 4. The third-order valence-corrected chi connectivity index (χ3v) is 4.38. The summed E-state index contributed by atoms with van der Waals surface area (Å²) in [7, 11) is 0. The van der Waals surface area contributed by atoms with Crippen LogP contribution in [0.15, 0.2) is 12.1 Å². The first-order chi connectivity index (χ1) is 10.3. The molecule has 0 spiro atoms. The first-order valence-electron chi connectivity index (χ1n) is 7.91. The van der Waals surface area contributed by atoms with Crippen LogP contribution in [-0.2, 0) is 0 Å². The van der Waals surface area contributed by atoms with Crippen LogP contribution in [0.4, 0.5) is 5.82 Å². The summed E-state index contributed by atoms with van der Waals surface area (Å²) < 4.78 is 0. The van der Waals surface area contributed by atoms with E-state index in [1.54, 1.807) is 6.07 Å². The molecule has 114 valence electrons. The topological polar surface area (TPSA) is 70.2 Å². The van der Waals surface area contributed by atoms with Gasteiger partial charge in [0.05, 0.1) is 0 Å². The number of aromatic nitrogens is 2. The molecule has 0 aromatic carbocycles. The predicted octanol–water partition coefficient (Wildman–Crippen LogP) is 0.947. The number of anilines is 1. The monoisotopic (exact) mass is 289 g/mol. The second-order valence-electron chi connectivity index (χ2n) is 5.74. The van der Waals surface area contributed by atoms with E-state index in [1.165, 1.54) is 25.7 Å². The normalized spacial score (nSPS) is 25.3. The van der Waals surface area contributed by atoms with Crippen LogP contribution in [0.3, 0.4) is 0 Å². The molecule has 2 unspecified atom stereocenters. The van der Waals surface area contributed by atoms with Gasteiger partial charge in [0.25, 0.3) is 5.91 Å². The van der Waals surface area contributed by atoms with Crippen molar-refractivity contribution in [1.29, 1.82) is 0 Å². The van der Waals surface area contributed by atoms with Gasteiger partial charge in [0, 0.05) is 25.2 Å². The highest BCUT2D eigenvalue weighted by Crippen LogP contribution is 2.28. The molecule has 0 bridgehead atoms. The molecule has 21 heavy (non-hydrogen) atoms. The Labute approximate surface area is 125 Å². The minimum absolute atomic E-state index is 0.160. The van der Waals surface area contributed by atoms with Crippen molar-refractivity contribution in [1.82, 2.24) is 20.8 Å². The van der Waals surface area contributed by atoms with Crippen LogP contribution in [0.5, 0.6) is 0 Å². The molecule has 1 aromatic heterocycles. The molecule has 6 heteroatoms. The second kappa shape index (κ2) is 6.39. The Balaban J connectivity index is 1.72. The van der Waals surface area contributed by atoms with Crippen LogP contribution >= 0.6 is 0 Å². The van der Waals surface area contributed by atoms with Gasteiger partial charge < -0.3 is 15.5 Å². The fourth-order valence-electron chi connectivity index (χ4n) is 3.39. The van der Waals surface area contributed by atoms with Gasteiger partial charge >= 0.3 is 0 Å². The number of nitrogens with one attached hydrogen (secondary N) is 2. The standard InChI is InChI=1S/C15H23N5O/c1-2-16-15(21)12-7-8-14(19-18-12)20-10-4-6-13(20)11-5-3-9-17-11/h7-8,11,13,17H,2-6,9-10H2,1H3,(H,16,21). The van der Waals surface area contributed by atoms with E-state index in [1.807, 2.05) is 13.0 Å². The van der Waals surface area contributed by atoms with E-state index in [2.05, 4.69) is 25.7 Å². The zero-order valence-corrected chi connectivity index (χ0v) is 12.5. The van der Waals surface area contributed by atoms with Crippen molar-refractivity contribution < 1.29 is 4.79 Å². The summed E-state index contributed by atoms with van der Waals surface area (Å²) in [6.07, 6.45) is 4.91. The molecule has 3 rings (SSSR count). The lowest BCUT2D eigenvalue weighted by molar-refractivity contribution is 0.0950. The van der Waals surface area contributed by atoms with Crippen LogP contribution < -0.4 is 15.5 Å². The molecule has 0 aliphatic carbocycles. The van der Waals surface area contributed by atoms with E-state index < -0.39 is 0 Å². The van der Waals surface area contributed by atoms with Gasteiger partial charge in [-0.15, -0.1) is 10.2 Å². The van der Waals surface area contributed by atoms with Crippen molar-refractivity contribution in [2.45, 2.75) is 44.7 Å². The molecule has 2 fully saturated rings. The number of nitrogens with zero attached hydrogens (tertiary/aromatic N) is 3. The number of carbonyl (C=O) groups is 1.